The number of anilines is 1. The highest BCUT2D eigenvalue weighted by Gasteiger charge is 2.16. The standard InChI is InChI=1S/C23H34N6O/c1-4-28-13-15-29(16-14-28)22-17-20(10-11-25-22)18-27-23(24-2)26-12-9-19-5-7-21(30-3)8-6-19/h5-8,10-11,17H,4,9,12-16,18H2,1-3H3,(H2,24,26,27). The number of nitrogens with zero attached hydrogens (tertiary/aromatic N) is 4. The molecule has 2 aromatic rings. The van der Waals surface area contributed by atoms with Crippen molar-refractivity contribution in [2.45, 2.75) is 19.9 Å². The quantitative estimate of drug-likeness (QED) is 0.514. The number of benzene rings is 1. The summed E-state index contributed by atoms with van der Waals surface area (Å²) in [4.78, 5) is 13.8. The van der Waals surface area contributed by atoms with Gasteiger partial charge < -0.3 is 25.2 Å². The van der Waals surface area contributed by atoms with Gasteiger partial charge in [-0.2, -0.15) is 0 Å². The lowest BCUT2D eigenvalue weighted by atomic mass is 10.1. The second-order valence-electron chi connectivity index (χ2n) is 7.39. The summed E-state index contributed by atoms with van der Waals surface area (Å²) in [5.74, 6) is 2.75. The first kappa shape index (κ1) is 21.9. The predicted molar refractivity (Wildman–Crippen MR) is 123 cm³/mol. The molecule has 7 heteroatoms. The van der Waals surface area contributed by atoms with Gasteiger partial charge in [-0.3, -0.25) is 4.99 Å². The summed E-state index contributed by atoms with van der Waals surface area (Å²) in [6.45, 7) is 9.14. The zero-order chi connectivity index (χ0) is 21.2. The average molecular weight is 411 g/mol. The van der Waals surface area contributed by atoms with Gasteiger partial charge in [0.25, 0.3) is 0 Å². The normalized spacial score (nSPS) is 15.2. The number of aromatic nitrogens is 1. The van der Waals surface area contributed by atoms with E-state index in [1.165, 1.54) is 11.1 Å². The van der Waals surface area contributed by atoms with Crippen LogP contribution < -0.4 is 20.3 Å². The first-order valence-electron chi connectivity index (χ1n) is 10.7. The summed E-state index contributed by atoms with van der Waals surface area (Å²) in [6, 6.07) is 12.4. The zero-order valence-electron chi connectivity index (χ0n) is 18.4. The molecule has 7 nitrogen and oxygen atoms in total. The molecule has 0 amide bonds. The van der Waals surface area contributed by atoms with E-state index in [-0.39, 0.29) is 0 Å². The van der Waals surface area contributed by atoms with Crippen LogP contribution >= 0.6 is 0 Å². The number of aliphatic imine (C=N–C) groups is 1. The fourth-order valence-corrected chi connectivity index (χ4v) is 3.56. The Morgan fingerprint density at radius 3 is 2.50 bits per heavy atom. The maximum atomic E-state index is 5.21. The molecule has 1 saturated heterocycles. The smallest absolute Gasteiger partial charge is 0.191 e. The van der Waals surface area contributed by atoms with E-state index in [1.807, 2.05) is 18.3 Å². The van der Waals surface area contributed by atoms with E-state index in [0.717, 1.165) is 63.2 Å². The summed E-state index contributed by atoms with van der Waals surface area (Å²) in [7, 11) is 3.48. The molecule has 0 saturated carbocycles. The van der Waals surface area contributed by atoms with Gasteiger partial charge in [0.15, 0.2) is 5.96 Å². The average Bonchev–Trinajstić information content (AvgIpc) is 2.82. The molecule has 30 heavy (non-hydrogen) atoms. The van der Waals surface area contributed by atoms with Gasteiger partial charge in [0.1, 0.15) is 11.6 Å². The van der Waals surface area contributed by atoms with E-state index in [4.69, 9.17) is 4.74 Å². The third kappa shape index (κ3) is 6.35. The number of nitrogens with one attached hydrogen (secondary N) is 2. The molecular weight excluding hydrogens is 376 g/mol. The highest BCUT2D eigenvalue weighted by Crippen LogP contribution is 2.15. The Balaban J connectivity index is 1.45. The van der Waals surface area contributed by atoms with Crippen LogP contribution in [-0.4, -0.2) is 69.3 Å². The Hall–Kier alpha value is -2.80. The monoisotopic (exact) mass is 410 g/mol. The summed E-state index contributed by atoms with van der Waals surface area (Å²) >= 11 is 0. The molecule has 1 aromatic heterocycles. The van der Waals surface area contributed by atoms with Crippen LogP contribution in [0.15, 0.2) is 47.6 Å². The minimum absolute atomic E-state index is 0.715. The van der Waals surface area contributed by atoms with Crippen molar-refractivity contribution in [2.24, 2.45) is 4.99 Å². The molecule has 0 atom stereocenters. The highest BCUT2D eigenvalue weighted by molar-refractivity contribution is 5.79. The molecule has 1 aliphatic rings. The first-order valence-corrected chi connectivity index (χ1v) is 10.7. The van der Waals surface area contributed by atoms with Gasteiger partial charge in [-0.1, -0.05) is 19.1 Å². The number of methoxy groups -OCH3 is 1. The highest BCUT2D eigenvalue weighted by atomic mass is 16.5. The minimum Gasteiger partial charge on any atom is -0.497 e. The SMILES string of the molecule is CCN1CCN(c2cc(CNC(=NC)NCCc3ccc(OC)cc3)ccn2)CC1. The van der Waals surface area contributed by atoms with Crippen molar-refractivity contribution in [3.8, 4) is 5.75 Å². The summed E-state index contributed by atoms with van der Waals surface area (Å²) in [6.07, 6.45) is 2.83. The Kier molecular flexibility index (Phi) is 8.32. The van der Waals surface area contributed by atoms with Gasteiger partial charge >= 0.3 is 0 Å². The first-order chi connectivity index (χ1) is 14.7. The molecule has 0 bridgehead atoms. The van der Waals surface area contributed by atoms with Crippen LogP contribution in [0, 0.1) is 0 Å². The van der Waals surface area contributed by atoms with Crippen molar-refractivity contribution < 1.29 is 4.74 Å². The summed E-state index contributed by atoms with van der Waals surface area (Å²) in [5, 5.41) is 6.78. The van der Waals surface area contributed by atoms with Crippen LogP contribution in [0.2, 0.25) is 0 Å². The molecular formula is C23H34N6O. The zero-order valence-corrected chi connectivity index (χ0v) is 18.4. The van der Waals surface area contributed by atoms with E-state index in [0.29, 0.717) is 6.54 Å². The largest absolute Gasteiger partial charge is 0.497 e. The second-order valence-corrected chi connectivity index (χ2v) is 7.39. The molecule has 0 spiro atoms. The molecule has 1 aliphatic heterocycles. The minimum atomic E-state index is 0.715. The van der Waals surface area contributed by atoms with Crippen molar-refractivity contribution in [1.29, 1.82) is 0 Å². The van der Waals surface area contributed by atoms with Crippen LogP contribution in [0.4, 0.5) is 5.82 Å². The van der Waals surface area contributed by atoms with Crippen LogP contribution in [0.5, 0.6) is 5.75 Å². The Morgan fingerprint density at radius 1 is 1.07 bits per heavy atom. The van der Waals surface area contributed by atoms with Crippen molar-refractivity contribution in [3.05, 3.63) is 53.7 Å². The third-order valence-corrected chi connectivity index (χ3v) is 5.50. The number of likely N-dealkylation sites (N-methyl/N-ethyl adjacent to an activating group) is 1. The van der Waals surface area contributed by atoms with Crippen LogP contribution in [0.3, 0.4) is 0 Å². The molecule has 162 valence electrons. The number of hydrogen-bond acceptors (Lipinski definition) is 5. The van der Waals surface area contributed by atoms with E-state index in [9.17, 15) is 0 Å². The van der Waals surface area contributed by atoms with E-state index < -0.39 is 0 Å². The molecule has 0 aliphatic carbocycles. The Labute approximate surface area is 180 Å². The van der Waals surface area contributed by atoms with Crippen molar-refractivity contribution in [1.82, 2.24) is 20.5 Å². The maximum Gasteiger partial charge on any atom is 0.191 e. The number of ether oxygens (including phenoxy) is 1. The van der Waals surface area contributed by atoms with Gasteiger partial charge in [0, 0.05) is 52.5 Å². The molecule has 2 N–H and O–H groups in total. The van der Waals surface area contributed by atoms with Crippen LogP contribution in [0.25, 0.3) is 0 Å². The van der Waals surface area contributed by atoms with Gasteiger partial charge in [-0.15, -0.1) is 0 Å². The lowest BCUT2D eigenvalue weighted by molar-refractivity contribution is 0.270. The number of rotatable bonds is 8. The Bertz CT molecular complexity index is 800. The summed E-state index contributed by atoms with van der Waals surface area (Å²) in [5.41, 5.74) is 2.47. The molecule has 0 radical (unpaired) electrons. The summed E-state index contributed by atoms with van der Waals surface area (Å²) < 4.78 is 5.21. The number of pyridine rings is 1. The van der Waals surface area contributed by atoms with Gasteiger partial charge in [0.2, 0.25) is 0 Å². The van der Waals surface area contributed by atoms with Crippen molar-refractivity contribution in [2.75, 3.05) is 58.3 Å². The van der Waals surface area contributed by atoms with Gasteiger partial charge in [-0.05, 0) is 48.4 Å². The second kappa shape index (κ2) is 11.4. The number of hydrogen-bond donors (Lipinski definition) is 2. The molecule has 1 aromatic carbocycles. The lowest BCUT2D eigenvalue weighted by Gasteiger charge is -2.34. The number of guanidine groups is 1. The van der Waals surface area contributed by atoms with Crippen LogP contribution in [0.1, 0.15) is 18.1 Å². The molecule has 1 fully saturated rings. The fraction of sp³-hybridized carbons (Fsp3) is 0.478. The maximum absolute atomic E-state index is 5.21. The number of piperazine rings is 1. The van der Waals surface area contributed by atoms with Crippen molar-refractivity contribution >= 4 is 11.8 Å². The topological polar surface area (TPSA) is 65.0 Å². The third-order valence-electron chi connectivity index (χ3n) is 5.50. The predicted octanol–water partition coefficient (Wildman–Crippen LogP) is 2.14. The van der Waals surface area contributed by atoms with E-state index >= 15 is 0 Å². The van der Waals surface area contributed by atoms with Crippen molar-refractivity contribution in [3.63, 3.8) is 0 Å². The molecule has 3 rings (SSSR count). The van der Waals surface area contributed by atoms with Gasteiger partial charge in [0.05, 0.1) is 7.11 Å². The van der Waals surface area contributed by atoms with Gasteiger partial charge in [-0.25, -0.2) is 4.98 Å². The fourth-order valence-electron chi connectivity index (χ4n) is 3.56. The molecule has 0 unspecified atom stereocenters. The Morgan fingerprint density at radius 2 is 1.83 bits per heavy atom. The van der Waals surface area contributed by atoms with Crippen LogP contribution in [-0.2, 0) is 13.0 Å². The van der Waals surface area contributed by atoms with E-state index in [2.05, 4.69) is 61.6 Å². The molecule has 2 heterocycles. The lowest BCUT2D eigenvalue weighted by Crippen LogP contribution is -2.46. The van der Waals surface area contributed by atoms with E-state index in [1.54, 1.807) is 14.2 Å².